The van der Waals surface area contributed by atoms with E-state index in [0.29, 0.717) is 29.4 Å². The number of aromatic nitrogens is 1. The SMILES string of the molecule is Cc1cccc(CNc2cc(C(=O)Nc3ccccc3OC(C)C)ccn2)c1. The van der Waals surface area contributed by atoms with Gasteiger partial charge in [0.1, 0.15) is 11.6 Å². The molecule has 1 aromatic heterocycles. The Kier molecular flexibility index (Phi) is 6.27. The van der Waals surface area contributed by atoms with Crippen molar-refractivity contribution >= 4 is 17.4 Å². The van der Waals surface area contributed by atoms with Crippen molar-refractivity contribution in [3.8, 4) is 5.75 Å². The highest BCUT2D eigenvalue weighted by Gasteiger charge is 2.11. The van der Waals surface area contributed by atoms with E-state index in [0.717, 1.165) is 5.56 Å². The quantitative estimate of drug-likeness (QED) is 0.607. The molecule has 1 heterocycles. The van der Waals surface area contributed by atoms with Crippen molar-refractivity contribution in [2.75, 3.05) is 10.6 Å². The highest BCUT2D eigenvalue weighted by Crippen LogP contribution is 2.25. The van der Waals surface area contributed by atoms with Crippen LogP contribution in [0.15, 0.2) is 66.9 Å². The lowest BCUT2D eigenvalue weighted by atomic mass is 10.1. The molecule has 0 saturated heterocycles. The van der Waals surface area contributed by atoms with Gasteiger partial charge in [-0.2, -0.15) is 0 Å². The van der Waals surface area contributed by atoms with E-state index in [2.05, 4.69) is 40.7 Å². The molecule has 3 rings (SSSR count). The number of amides is 1. The highest BCUT2D eigenvalue weighted by atomic mass is 16.5. The minimum Gasteiger partial charge on any atom is -0.489 e. The van der Waals surface area contributed by atoms with Crippen LogP contribution in [0.25, 0.3) is 0 Å². The number of para-hydroxylation sites is 2. The monoisotopic (exact) mass is 375 g/mol. The maximum Gasteiger partial charge on any atom is 0.255 e. The molecule has 0 unspecified atom stereocenters. The zero-order valence-electron chi connectivity index (χ0n) is 16.4. The molecule has 0 fully saturated rings. The Morgan fingerprint density at radius 2 is 1.89 bits per heavy atom. The third-order valence-corrected chi connectivity index (χ3v) is 4.08. The number of anilines is 2. The van der Waals surface area contributed by atoms with Gasteiger partial charge >= 0.3 is 0 Å². The van der Waals surface area contributed by atoms with Gasteiger partial charge in [0.05, 0.1) is 11.8 Å². The van der Waals surface area contributed by atoms with Gasteiger partial charge in [-0.15, -0.1) is 0 Å². The zero-order valence-corrected chi connectivity index (χ0v) is 16.4. The summed E-state index contributed by atoms with van der Waals surface area (Å²) in [5.74, 6) is 1.10. The van der Waals surface area contributed by atoms with Gasteiger partial charge in [0.2, 0.25) is 0 Å². The number of nitrogens with one attached hydrogen (secondary N) is 2. The van der Waals surface area contributed by atoms with Crippen molar-refractivity contribution < 1.29 is 9.53 Å². The van der Waals surface area contributed by atoms with Crippen LogP contribution in [-0.2, 0) is 6.54 Å². The molecule has 0 saturated carbocycles. The standard InChI is InChI=1S/C23H25N3O2/c1-16(2)28-21-10-5-4-9-20(21)26-23(27)19-11-12-24-22(14-19)25-15-18-8-6-7-17(3)13-18/h4-14,16H,15H2,1-3H3,(H,24,25)(H,26,27). The van der Waals surface area contributed by atoms with E-state index in [1.54, 1.807) is 18.3 Å². The number of nitrogens with zero attached hydrogens (tertiary/aromatic N) is 1. The fourth-order valence-corrected chi connectivity index (χ4v) is 2.80. The number of rotatable bonds is 7. The van der Waals surface area contributed by atoms with E-state index in [1.807, 2.05) is 44.2 Å². The number of benzene rings is 2. The van der Waals surface area contributed by atoms with Gasteiger partial charge in [-0.1, -0.05) is 42.0 Å². The molecule has 0 spiro atoms. The van der Waals surface area contributed by atoms with Crippen molar-refractivity contribution in [1.29, 1.82) is 0 Å². The minimum atomic E-state index is -0.208. The molecule has 5 heteroatoms. The molecule has 0 aliphatic heterocycles. The molecule has 1 amide bonds. The van der Waals surface area contributed by atoms with Crippen LogP contribution in [0.5, 0.6) is 5.75 Å². The molecule has 0 atom stereocenters. The Morgan fingerprint density at radius 3 is 2.68 bits per heavy atom. The first-order chi connectivity index (χ1) is 13.5. The molecule has 3 aromatic rings. The van der Waals surface area contributed by atoms with Crippen molar-refractivity contribution in [2.24, 2.45) is 0 Å². The molecule has 0 aliphatic rings. The van der Waals surface area contributed by atoms with E-state index < -0.39 is 0 Å². The van der Waals surface area contributed by atoms with Crippen molar-refractivity contribution in [1.82, 2.24) is 4.98 Å². The second-order valence-electron chi connectivity index (χ2n) is 6.89. The van der Waals surface area contributed by atoms with Crippen LogP contribution >= 0.6 is 0 Å². The third kappa shape index (κ3) is 5.33. The molecule has 2 aromatic carbocycles. The average molecular weight is 375 g/mol. The molecule has 144 valence electrons. The Balaban J connectivity index is 1.69. The Morgan fingerprint density at radius 1 is 1.07 bits per heavy atom. The van der Waals surface area contributed by atoms with Gasteiger partial charge in [-0.05, 0) is 50.6 Å². The summed E-state index contributed by atoms with van der Waals surface area (Å²) in [4.78, 5) is 17.0. The largest absolute Gasteiger partial charge is 0.489 e. The molecular weight excluding hydrogens is 350 g/mol. The van der Waals surface area contributed by atoms with E-state index in [-0.39, 0.29) is 12.0 Å². The van der Waals surface area contributed by atoms with Crippen LogP contribution in [0.3, 0.4) is 0 Å². The Bertz CT molecular complexity index is 954. The van der Waals surface area contributed by atoms with Crippen molar-refractivity contribution in [3.63, 3.8) is 0 Å². The lowest BCUT2D eigenvalue weighted by Crippen LogP contribution is -2.15. The number of ether oxygens (including phenoxy) is 1. The van der Waals surface area contributed by atoms with Crippen molar-refractivity contribution in [3.05, 3.63) is 83.6 Å². The third-order valence-electron chi connectivity index (χ3n) is 4.08. The average Bonchev–Trinajstić information content (AvgIpc) is 2.68. The number of carbonyl (C=O) groups is 1. The van der Waals surface area contributed by atoms with Crippen LogP contribution in [0.2, 0.25) is 0 Å². The molecule has 28 heavy (non-hydrogen) atoms. The minimum absolute atomic E-state index is 0.0244. The fraction of sp³-hybridized carbons (Fsp3) is 0.217. The maximum atomic E-state index is 12.7. The zero-order chi connectivity index (χ0) is 19.9. The number of aryl methyl sites for hydroxylation is 1. The Labute approximate surface area is 165 Å². The first kappa shape index (κ1) is 19.4. The van der Waals surface area contributed by atoms with Crippen LogP contribution in [0.4, 0.5) is 11.5 Å². The van der Waals surface area contributed by atoms with Crippen LogP contribution in [0, 0.1) is 6.92 Å². The molecular formula is C23H25N3O2. The predicted molar refractivity (Wildman–Crippen MR) is 113 cm³/mol. The summed E-state index contributed by atoms with van der Waals surface area (Å²) < 4.78 is 5.76. The van der Waals surface area contributed by atoms with Gasteiger partial charge in [0.25, 0.3) is 5.91 Å². The molecule has 5 nitrogen and oxygen atoms in total. The number of pyridine rings is 1. The van der Waals surface area contributed by atoms with Crippen LogP contribution in [0.1, 0.15) is 35.3 Å². The molecule has 2 N–H and O–H groups in total. The number of carbonyl (C=O) groups excluding carboxylic acids is 1. The van der Waals surface area contributed by atoms with Gasteiger partial charge in [-0.25, -0.2) is 4.98 Å². The van der Waals surface area contributed by atoms with Gasteiger partial charge in [-0.3, -0.25) is 4.79 Å². The topological polar surface area (TPSA) is 63.2 Å². The van der Waals surface area contributed by atoms with E-state index in [1.165, 1.54) is 5.56 Å². The second kappa shape index (κ2) is 9.04. The molecule has 0 bridgehead atoms. The number of hydrogen-bond acceptors (Lipinski definition) is 4. The van der Waals surface area contributed by atoms with Gasteiger partial charge < -0.3 is 15.4 Å². The first-order valence-electron chi connectivity index (χ1n) is 9.34. The smallest absolute Gasteiger partial charge is 0.255 e. The summed E-state index contributed by atoms with van der Waals surface area (Å²) in [7, 11) is 0. The van der Waals surface area contributed by atoms with E-state index >= 15 is 0 Å². The fourth-order valence-electron chi connectivity index (χ4n) is 2.80. The van der Waals surface area contributed by atoms with Crippen LogP contribution < -0.4 is 15.4 Å². The summed E-state index contributed by atoms with van der Waals surface area (Å²) in [6, 6.07) is 19.1. The second-order valence-corrected chi connectivity index (χ2v) is 6.89. The first-order valence-corrected chi connectivity index (χ1v) is 9.34. The lowest BCUT2D eigenvalue weighted by molar-refractivity contribution is 0.102. The highest BCUT2D eigenvalue weighted by molar-refractivity contribution is 6.05. The maximum absolute atomic E-state index is 12.7. The van der Waals surface area contributed by atoms with Crippen LogP contribution in [-0.4, -0.2) is 17.0 Å². The summed E-state index contributed by atoms with van der Waals surface area (Å²) in [5, 5.41) is 6.19. The van der Waals surface area contributed by atoms with Gasteiger partial charge in [0.15, 0.2) is 0 Å². The summed E-state index contributed by atoms with van der Waals surface area (Å²) in [6.07, 6.45) is 1.65. The van der Waals surface area contributed by atoms with Gasteiger partial charge in [0, 0.05) is 18.3 Å². The predicted octanol–water partition coefficient (Wildman–Crippen LogP) is 5.04. The van der Waals surface area contributed by atoms with Crippen molar-refractivity contribution in [2.45, 2.75) is 33.4 Å². The summed E-state index contributed by atoms with van der Waals surface area (Å²) in [5.41, 5.74) is 3.55. The van der Waals surface area contributed by atoms with E-state index in [9.17, 15) is 4.79 Å². The van der Waals surface area contributed by atoms with E-state index in [4.69, 9.17) is 4.74 Å². The Hall–Kier alpha value is -3.34. The molecule has 0 radical (unpaired) electrons. The number of hydrogen-bond donors (Lipinski definition) is 2. The molecule has 0 aliphatic carbocycles. The summed E-state index contributed by atoms with van der Waals surface area (Å²) in [6.45, 7) is 6.61. The normalized spacial score (nSPS) is 10.6. The lowest BCUT2D eigenvalue weighted by Gasteiger charge is -2.15. The summed E-state index contributed by atoms with van der Waals surface area (Å²) >= 11 is 0.